The Morgan fingerprint density at radius 2 is 0.850 bits per heavy atom. The fraction of sp³-hybridized carbons (Fsp3) is 1.00. The lowest BCUT2D eigenvalue weighted by Crippen LogP contribution is -2.27. The third-order valence-electron chi connectivity index (χ3n) is 2.93. The summed E-state index contributed by atoms with van der Waals surface area (Å²) < 4.78 is 27.3. The minimum absolute atomic E-state index is 0.623. The first-order valence-corrected chi connectivity index (χ1v) is 7.47. The van der Waals surface area contributed by atoms with Gasteiger partial charge in [0.1, 0.15) is 0 Å². The zero-order valence-corrected chi connectivity index (χ0v) is 12.7. The standard InChI is InChI=1S/C14H29NO5/c1-15-3-7-18-11-9-16-5-2-6-17-10-13-20-14-12-19-8-4-15/h2-14H2,1H3. The lowest BCUT2D eigenvalue weighted by atomic mass is 10.5. The number of rotatable bonds is 0. The van der Waals surface area contributed by atoms with Crippen molar-refractivity contribution in [2.24, 2.45) is 0 Å². The van der Waals surface area contributed by atoms with E-state index >= 15 is 0 Å². The average molecular weight is 291 g/mol. The highest BCUT2D eigenvalue weighted by atomic mass is 16.5. The molecule has 20 heavy (non-hydrogen) atoms. The molecule has 0 atom stereocenters. The number of hydrogen-bond donors (Lipinski definition) is 0. The second kappa shape index (κ2) is 13.7. The topological polar surface area (TPSA) is 49.4 Å². The summed E-state index contributed by atoms with van der Waals surface area (Å²) in [5.41, 5.74) is 0. The van der Waals surface area contributed by atoms with Gasteiger partial charge in [-0.05, 0) is 13.5 Å². The van der Waals surface area contributed by atoms with Crippen molar-refractivity contribution in [3.05, 3.63) is 0 Å². The summed E-state index contributed by atoms with van der Waals surface area (Å²) in [4.78, 5) is 2.20. The van der Waals surface area contributed by atoms with Crippen LogP contribution in [0.4, 0.5) is 0 Å². The van der Waals surface area contributed by atoms with Crippen molar-refractivity contribution in [1.29, 1.82) is 0 Å². The van der Waals surface area contributed by atoms with Crippen LogP contribution in [0.3, 0.4) is 0 Å². The van der Waals surface area contributed by atoms with Crippen LogP contribution in [0.15, 0.2) is 0 Å². The van der Waals surface area contributed by atoms with Gasteiger partial charge in [-0.15, -0.1) is 0 Å². The van der Waals surface area contributed by atoms with Crippen molar-refractivity contribution < 1.29 is 23.7 Å². The molecule has 1 fully saturated rings. The van der Waals surface area contributed by atoms with Gasteiger partial charge in [0, 0.05) is 26.3 Å². The SMILES string of the molecule is CN1CCOCCOCCCOCCOCCOCC1. The molecule has 0 bridgehead atoms. The smallest absolute Gasteiger partial charge is 0.0701 e. The van der Waals surface area contributed by atoms with Crippen LogP contribution in [-0.4, -0.2) is 91.1 Å². The molecule has 1 heterocycles. The molecule has 0 aromatic heterocycles. The van der Waals surface area contributed by atoms with E-state index in [9.17, 15) is 0 Å². The van der Waals surface area contributed by atoms with Crippen LogP contribution in [0.25, 0.3) is 0 Å². The van der Waals surface area contributed by atoms with Gasteiger partial charge in [0.25, 0.3) is 0 Å². The van der Waals surface area contributed by atoms with Crippen molar-refractivity contribution in [1.82, 2.24) is 4.90 Å². The Bertz CT molecular complexity index is 186. The lowest BCUT2D eigenvalue weighted by Gasteiger charge is -2.16. The quantitative estimate of drug-likeness (QED) is 0.644. The maximum absolute atomic E-state index is 5.51. The first kappa shape index (κ1) is 17.8. The summed E-state index contributed by atoms with van der Waals surface area (Å²) in [6.45, 7) is 8.52. The van der Waals surface area contributed by atoms with E-state index in [-0.39, 0.29) is 0 Å². The van der Waals surface area contributed by atoms with Crippen LogP contribution in [0.5, 0.6) is 0 Å². The Morgan fingerprint density at radius 3 is 1.30 bits per heavy atom. The Kier molecular flexibility index (Phi) is 12.2. The highest BCUT2D eigenvalue weighted by molar-refractivity contribution is 4.49. The maximum atomic E-state index is 5.51. The molecule has 1 rings (SSSR count). The third-order valence-corrected chi connectivity index (χ3v) is 2.93. The van der Waals surface area contributed by atoms with E-state index < -0.39 is 0 Å². The molecule has 6 heteroatoms. The zero-order chi connectivity index (χ0) is 14.3. The van der Waals surface area contributed by atoms with Crippen molar-refractivity contribution in [3.63, 3.8) is 0 Å². The number of nitrogens with zero attached hydrogens (tertiary/aromatic N) is 1. The second-order valence-electron chi connectivity index (χ2n) is 4.72. The van der Waals surface area contributed by atoms with Crippen molar-refractivity contribution in [3.8, 4) is 0 Å². The van der Waals surface area contributed by atoms with E-state index in [1.54, 1.807) is 0 Å². The molecule has 0 aromatic carbocycles. The Hall–Kier alpha value is -0.240. The van der Waals surface area contributed by atoms with Gasteiger partial charge in [-0.25, -0.2) is 0 Å². The van der Waals surface area contributed by atoms with Crippen LogP contribution in [0.2, 0.25) is 0 Å². The van der Waals surface area contributed by atoms with Crippen LogP contribution in [0, 0.1) is 0 Å². The fourth-order valence-electron chi connectivity index (χ4n) is 1.68. The molecule has 0 N–H and O–H groups in total. The van der Waals surface area contributed by atoms with E-state index in [1.165, 1.54) is 0 Å². The third kappa shape index (κ3) is 11.6. The summed E-state index contributed by atoms with van der Waals surface area (Å²) in [5.74, 6) is 0. The molecule has 1 aliphatic rings. The van der Waals surface area contributed by atoms with Crippen molar-refractivity contribution in [2.45, 2.75) is 6.42 Å². The average Bonchev–Trinajstić information content (AvgIpc) is 2.45. The van der Waals surface area contributed by atoms with Gasteiger partial charge in [-0.3, -0.25) is 0 Å². The Morgan fingerprint density at radius 1 is 0.500 bits per heavy atom. The number of hydrogen-bond acceptors (Lipinski definition) is 6. The summed E-state index contributed by atoms with van der Waals surface area (Å²) in [7, 11) is 2.07. The molecule has 120 valence electrons. The van der Waals surface area contributed by atoms with Crippen LogP contribution in [-0.2, 0) is 23.7 Å². The van der Waals surface area contributed by atoms with E-state index in [1.807, 2.05) is 0 Å². The van der Waals surface area contributed by atoms with Crippen LogP contribution in [0.1, 0.15) is 6.42 Å². The highest BCUT2D eigenvalue weighted by Gasteiger charge is 1.99. The predicted molar refractivity (Wildman–Crippen MR) is 76.2 cm³/mol. The van der Waals surface area contributed by atoms with E-state index in [0.717, 1.165) is 39.3 Å². The zero-order valence-electron chi connectivity index (χ0n) is 12.7. The fourth-order valence-corrected chi connectivity index (χ4v) is 1.68. The predicted octanol–water partition coefficient (Wildman–Crippen LogP) is 0.405. The largest absolute Gasteiger partial charge is 0.379 e. The van der Waals surface area contributed by atoms with Crippen LogP contribution >= 0.6 is 0 Å². The number of ether oxygens (including phenoxy) is 5. The summed E-state index contributed by atoms with van der Waals surface area (Å²) in [5, 5.41) is 0. The summed E-state index contributed by atoms with van der Waals surface area (Å²) >= 11 is 0. The van der Waals surface area contributed by atoms with Gasteiger partial charge in [0.05, 0.1) is 52.9 Å². The first-order valence-electron chi connectivity index (χ1n) is 7.47. The second-order valence-corrected chi connectivity index (χ2v) is 4.72. The van der Waals surface area contributed by atoms with Crippen molar-refractivity contribution >= 4 is 0 Å². The van der Waals surface area contributed by atoms with Gasteiger partial charge in [0.15, 0.2) is 0 Å². The molecule has 1 aliphatic heterocycles. The lowest BCUT2D eigenvalue weighted by molar-refractivity contribution is 0.00743. The molecule has 0 amide bonds. The molecule has 0 unspecified atom stereocenters. The van der Waals surface area contributed by atoms with Crippen molar-refractivity contribution in [2.75, 3.05) is 86.2 Å². The summed E-state index contributed by atoms with van der Waals surface area (Å²) in [6, 6.07) is 0. The van der Waals surface area contributed by atoms with E-state index in [0.29, 0.717) is 46.2 Å². The number of likely N-dealkylation sites (N-methyl/N-ethyl adjacent to an activating group) is 1. The van der Waals surface area contributed by atoms with Gasteiger partial charge >= 0.3 is 0 Å². The molecule has 6 nitrogen and oxygen atoms in total. The Labute approximate surface area is 122 Å². The van der Waals surface area contributed by atoms with Crippen LogP contribution < -0.4 is 0 Å². The minimum Gasteiger partial charge on any atom is -0.379 e. The summed E-state index contributed by atoms with van der Waals surface area (Å²) in [6.07, 6.45) is 0.909. The normalized spacial score (nSPS) is 24.4. The van der Waals surface area contributed by atoms with E-state index in [2.05, 4.69) is 11.9 Å². The molecular formula is C14H29NO5. The van der Waals surface area contributed by atoms with E-state index in [4.69, 9.17) is 23.7 Å². The van der Waals surface area contributed by atoms with Gasteiger partial charge in [-0.1, -0.05) is 0 Å². The molecule has 0 aliphatic carbocycles. The molecule has 0 saturated carbocycles. The van der Waals surface area contributed by atoms with Gasteiger partial charge in [0.2, 0.25) is 0 Å². The molecular weight excluding hydrogens is 262 g/mol. The Balaban J connectivity index is 2.09. The minimum atomic E-state index is 0.623. The van der Waals surface area contributed by atoms with Gasteiger partial charge in [-0.2, -0.15) is 0 Å². The molecule has 0 spiro atoms. The molecule has 0 aromatic rings. The highest BCUT2D eigenvalue weighted by Crippen LogP contribution is 1.90. The molecule has 1 saturated heterocycles. The maximum Gasteiger partial charge on any atom is 0.0701 e. The molecule has 0 radical (unpaired) electrons. The monoisotopic (exact) mass is 291 g/mol. The first-order chi connectivity index (χ1) is 9.89. The van der Waals surface area contributed by atoms with Gasteiger partial charge < -0.3 is 28.6 Å².